The van der Waals surface area contributed by atoms with Crippen molar-refractivity contribution in [2.24, 2.45) is 5.10 Å². The van der Waals surface area contributed by atoms with E-state index >= 15 is 0 Å². The molecule has 0 aliphatic heterocycles. The molecule has 3 aromatic rings. The molecule has 0 aromatic heterocycles. The molecule has 33 heavy (non-hydrogen) atoms. The fourth-order valence-corrected chi connectivity index (χ4v) is 5.16. The first-order valence-electron chi connectivity index (χ1n) is 10.1. The zero-order chi connectivity index (χ0) is 23.8. The summed E-state index contributed by atoms with van der Waals surface area (Å²) in [4.78, 5) is 12.4. The molecule has 1 N–H and O–H groups in total. The van der Waals surface area contributed by atoms with Gasteiger partial charge in [-0.25, -0.2) is 13.8 Å². The second kappa shape index (κ2) is 11.4. The van der Waals surface area contributed by atoms with Gasteiger partial charge in [0.2, 0.25) is 10.0 Å². The molecule has 1 amide bonds. The molecule has 0 spiro atoms. The van der Waals surface area contributed by atoms with Crippen LogP contribution < -0.4 is 5.43 Å². The molecule has 9 heteroatoms. The van der Waals surface area contributed by atoms with Gasteiger partial charge in [-0.05, 0) is 42.7 Å². The lowest BCUT2D eigenvalue weighted by atomic mass is 10.1. The van der Waals surface area contributed by atoms with Crippen molar-refractivity contribution in [3.63, 3.8) is 0 Å². The highest BCUT2D eigenvalue weighted by Gasteiger charge is 2.28. The van der Waals surface area contributed by atoms with E-state index in [9.17, 15) is 13.2 Å². The number of carbonyl (C=O) groups is 1. The molecule has 0 saturated heterocycles. The van der Waals surface area contributed by atoms with E-state index in [2.05, 4.69) is 10.5 Å². The van der Waals surface area contributed by atoms with Crippen LogP contribution in [0.3, 0.4) is 0 Å². The van der Waals surface area contributed by atoms with Crippen molar-refractivity contribution in [3.05, 3.63) is 99.5 Å². The van der Waals surface area contributed by atoms with Gasteiger partial charge in [0.1, 0.15) is 4.90 Å². The first-order valence-corrected chi connectivity index (χ1v) is 12.3. The molecular formula is C24H23Cl2N3O3S. The van der Waals surface area contributed by atoms with Crippen LogP contribution in [-0.4, -0.2) is 37.9 Å². The molecule has 3 aromatic carbocycles. The Bertz CT molecular complexity index is 1230. The standard InChI is InChI=1S/C24H23Cl2N3O3S/c1-18-7-9-20(10-8-18)16-27-28-24(30)17-29(14-13-19-5-3-2-4-6-19)33(31,32)23-15-21(25)11-12-22(23)26/h2-12,15-16H,13-14,17H2,1H3,(H,28,30)/b27-16-. The van der Waals surface area contributed by atoms with Crippen LogP contribution in [0.2, 0.25) is 10.0 Å². The SMILES string of the molecule is Cc1ccc(/C=N\NC(=O)CN(CCc2ccccc2)S(=O)(=O)c2cc(Cl)ccc2Cl)cc1. The van der Waals surface area contributed by atoms with Crippen LogP contribution in [0.25, 0.3) is 0 Å². The maximum absolute atomic E-state index is 13.4. The Morgan fingerprint density at radius 3 is 2.42 bits per heavy atom. The number of carbonyl (C=O) groups excluding carboxylic acids is 1. The normalized spacial score (nSPS) is 11.8. The molecule has 172 valence electrons. The molecule has 0 saturated carbocycles. The summed E-state index contributed by atoms with van der Waals surface area (Å²) in [6, 6.07) is 21.2. The van der Waals surface area contributed by atoms with E-state index in [1.54, 1.807) is 0 Å². The Morgan fingerprint density at radius 1 is 1.03 bits per heavy atom. The Kier molecular flexibility index (Phi) is 8.63. The fraction of sp³-hybridized carbons (Fsp3) is 0.167. The Morgan fingerprint density at radius 2 is 1.73 bits per heavy atom. The molecule has 0 aliphatic carbocycles. The zero-order valence-corrected chi connectivity index (χ0v) is 20.2. The van der Waals surface area contributed by atoms with Crippen LogP contribution in [0.5, 0.6) is 0 Å². The smallest absolute Gasteiger partial charge is 0.255 e. The molecule has 6 nitrogen and oxygen atoms in total. The largest absolute Gasteiger partial charge is 0.272 e. The van der Waals surface area contributed by atoms with Gasteiger partial charge < -0.3 is 0 Å². The van der Waals surface area contributed by atoms with E-state index in [4.69, 9.17) is 23.2 Å². The van der Waals surface area contributed by atoms with Crippen LogP contribution in [0.15, 0.2) is 82.8 Å². The predicted octanol–water partition coefficient (Wildman–Crippen LogP) is 4.69. The van der Waals surface area contributed by atoms with Gasteiger partial charge in [0, 0.05) is 11.6 Å². The van der Waals surface area contributed by atoms with Crippen molar-refractivity contribution in [2.75, 3.05) is 13.1 Å². The second-order valence-electron chi connectivity index (χ2n) is 7.35. The number of hydrogen-bond acceptors (Lipinski definition) is 4. The summed E-state index contributed by atoms with van der Waals surface area (Å²) in [6.07, 6.45) is 1.91. The average Bonchev–Trinajstić information content (AvgIpc) is 2.80. The molecule has 0 heterocycles. The minimum atomic E-state index is -4.10. The molecule has 3 rings (SSSR count). The maximum Gasteiger partial charge on any atom is 0.255 e. The summed E-state index contributed by atoms with van der Waals surface area (Å²) in [5, 5.41) is 4.20. The van der Waals surface area contributed by atoms with Crippen LogP contribution in [0.4, 0.5) is 0 Å². The molecule has 0 unspecified atom stereocenters. The lowest BCUT2D eigenvalue weighted by molar-refractivity contribution is -0.121. The maximum atomic E-state index is 13.4. The summed E-state index contributed by atoms with van der Waals surface area (Å²) in [6.45, 7) is 1.62. The molecule has 0 bridgehead atoms. The second-order valence-corrected chi connectivity index (χ2v) is 10.1. The van der Waals surface area contributed by atoms with Crippen molar-refractivity contribution >= 4 is 45.3 Å². The van der Waals surface area contributed by atoms with Crippen LogP contribution >= 0.6 is 23.2 Å². The van der Waals surface area contributed by atoms with Crippen LogP contribution in [0, 0.1) is 6.92 Å². The number of aryl methyl sites for hydroxylation is 1. The Hall–Kier alpha value is -2.71. The topological polar surface area (TPSA) is 78.8 Å². The van der Waals surface area contributed by atoms with Crippen molar-refractivity contribution < 1.29 is 13.2 Å². The summed E-state index contributed by atoms with van der Waals surface area (Å²) >= 11 is 12.2. The lowest BCUT2D eigenvalue weighted by Gasteiger charge is -2.22. The van der Waals surface area contributed by atoms with E-state index in [1.165, 1.54) is 24.4 Å². The van der Waals surface area contributed by atoms with Gasteiger partial charge in [-0.15, -0.1) is 0 Å². The molecule has 0 fully saturated rings. The van der Waals surface area contributed by atoms with E-state index in [1.807, 2.05) is 61.5 Å². The highest BCUT2D eigenvalue weighted by molar-refractivity contribution is 7.89. The van der Waals surface area contributed by atoms with Gasteiger partial charge in [-0.1, -0.05) is 83.4 Å². The number of benzene rings is 3. The first kappa shape index (κ1) is 24.9. The quantitative estimate of drug-likeness (QED) is 0.339. The van der Waals surface area contributed by atoms with Crippen LogP contribution in [0.1, 0.15) is 16.7 Å². The van der Waals surface area contributed by atoms with E-state index < -0.39 is 22.5 Å². The molecular weight excluding hydrogens is 481 g/mol. The van der Waals surface area contributed by atoms with Crippen molar-refractivity contribution in [3.8, 4) is 0 Å². The third-order valence-corrected chi connectivity index (χ3v) is 7.37. The lowest BCUT2D eigenvalue weighted by Crippen LogP contribution is -2.40. The third-order valence-electron chi connectivity index (χ3n) is 4.80. The number of halogens is 2. The number of sulfonamides is 1. The summed E-state index contributed by atoms with van der Waals surface area (Å²) in [5.74, 6) is -0.576. The first-order chi connectivity index (χ1) is 15.8. The molecule has 0 aliphatic rings. The molecule has 0 radical (unpaired) electrons. The summed E-state index contributed by atoms with van der Waals surface area (Å²) in [5.41, 5.74) is 5.24. The highest BCUT2D eigenvalue weighted by atomic mass is 35.5. The number of amides is 1. The monoisotopic (exact) mass is 503 g/mol. The number of rotatable bonds is 9. The number of nitrogens with one attached hydrogen (secondary N) is 1. The average molecular weight is 504 g/mol. The predicted molar refractivity (Wildman–Crippen MR) is 132 cm³/mol. The number of hydrogen-bond donors (Lipinski definition) is 1. The van der Waals surface area contributed by atoms with Crippen molar-refractivity contribution in [1.29, 1.82) is 0 Å². The van der Waals surface area contributed by atoms with Gasteiger partial charge in [0.25, 0.3) is 5.91 Å². The van der Waals surface area contributed by atoms with E-state index in [0.717, 1.165) is 21.0 Å². The van der Waals surface area contributed by atoms with Crippen molar-refractivity contribution in [1.82, 2.24) is 9.73 Å². The minimum Gasteiger partial charge on any atom is -0.272 e. The summed E-state index contributed by atoms with van der Waals surface area (Å²) in [7, 11) is -4.10. The van der Waals surface area contributed by atoms with Gasteiger partial charge in [0.05, 0.1) is 17.8 Å². The molecule has 0 atom stereocenters. The number of hydrazone groups is 1. The Balaban J connectivity index is 1.78. The fourth-order valence-electron chi connectivity index (χ4n) is 3.02. The minimum absolute atomic E-state index is 0.0295. The summed E-state index contributed by atoms with van der Waals surface area (Å²) < 4.78 is 27.8. The van der Waals surface area contributed by atoms with Gasteiger partial charge >= 0.3 is 0 Å². The van der Waals surface area contributed by atoms with Crippen LogP contribution in [-0.2, 0) is 21.2 Å². The van der Waals surface area contributed by atoms with E-state index in [-0.39, 0.29) is 21.5 Å². The van der Waals surface area contributed by atoms with Crippen molar-refractivity contribution in [2.45, 2.75) is 18.2 Å². The zero-order valence-electron chi connectivity index (χ0n) is 17.9. The Labute approximate surface area is 203 Å². The van der Waals surface area contributed by atoms with Gasteiger partial charge in [-0.3, -0.25) is 4.79 Å². The highest BCUT2D eigenvalue weighted by Crippen LogP contribution is 2.28. The van der Waals surface area contributed by atoms with Gasteiger partial charge in [-0.2, -0.15) is 9.41 Å². The number of nitrogens with zero attached hydrogens (tertiary/aromatic N) is 2. The van der Waals surface area contributed by atoms with E-state index in [0.29, 0.717) is 6.42 Å². The third kappa shape index (κ3) is 7.14. The van der Waals surface area contributed by atoms with Gasteiger partial charge in [0.15, 0.2) is 0 Å².